The van der Waals surface area contributed by atoms with Gasteiger partial charge >= 0.3 is 0 Å². The molecule has 18 heavy (non-hydrogen) atoms. The van der Waals surface area contributed by atoms with Gasteiger partial charge in [-0.2, -0.15) is 0 Å². The quantitative estimate of drug-likeness (QED) is 0.618. The molecule has 0 N–H and O–H groups in total. The molecule has 0 saturated heterocycles. The monoisotopic (exact) mass is 340 g/mol. The minimum atomic E-state index is -0.449. The number of alkyl halides is 1. The number of hydrogen-bond donors (Lipinski definition) is 0. The predicted octanol–water partition coefficient (Wildman–Crippen LogP) is 6.05. The molecule has 2 aromatic rings. The third-order valence-corrected chi connectivity index (χ3v) is 4.64. The van der Waals surface area contributed by atoms with E-state index in [2.05, 4.69) is 0 Å². The molecule has 0 amide bonds. The molecular formula is C12H8Cl4OS. The Kier molecular flexibility index (Phi) is 4.68. The average molecular weight is 342 g/mol. The van der Waals surface area contributed by atoms with E-state index in [1.807, 2.05) is 0 Å². The first-order chi connectivity index (χ1) is 8.52. The Bertz CT molecular complexity index is 567. The second kappa shape index (κ2) is 5.89. The largest absolute Gasteiger partial charge is 0.496 e. The SMILES string of the molecule is COc1ccc(Cl)cc1C(Cl)c1cc(Cl)sc1Cl. The molecule has 96 valence electrons. The molecule has 1 unspecified atom stereocenters. The number of hydrogen-bond acceptors (Lipinski definition) is 2. The van der Waals surface area contributed by atoms with E-state index in [9.17, 15) is 0 Å². The molecule has 6 heteroatoms. The van der Waals surface area contributed by atoms with Crippen LogP contribution in [0.1, 0.15) is 16.5 Å². The topological polar surface area (TPSA) is 9.23 Å². The van der Waals surface area contributed by atoms with Crippen LogP contribution in [0.3, 0.4) is 0 Å². The molecule has 2 rings (SSSR count). The molecular weight excluding hydrogens is 334 g/mol. The Morgan fingerprint density at radius 1 is 1.11 bits per heavy atom. The Balaban J connectivity index is 2.48. The maximum absolute atomic E-state index is 6.43. The van der Waals surface area contributed by atoms with Gasteiger partial charge < -0.3 is 4.74 Å². The third-order valence-electron chi connectivity index (χ3n) is 2.42. The third kappa shape index (κ3) is 2.89. The molecule has 1 heterocycles. The summed E-state index contributed by atoms with van der Waals surface area (Å²) in [7, 11) is 1.58. The van der Waals surface area contributed by atoms with Crippen LogP contribution in [0, 0.1) is 0 Å². The number of methoxy groups -OCH3 is 1. The number of ether oxygens (including phenoxy) is 1. The zero-order valence-electron chi connectivity index (χ0n) is 9.22. The molecule has 0 aliphatic heterocycles. The fourth-order valence-electron chi connectivity index (χ4n) is 1.60. The van der Waals surface area contributed by atoms with E-state index in [0.717, 1.165) is 11.1 Å². The Morgan fingerprint density at radius 3 is 2.39 bits per heavy atom. The lowest BCUT2D eigenvalue weighted by Crippen LogP contribution is -1.96. The summed E-state index contributed by atoms with van der Waals surface area (Å²) in [6.07, 6.45) is 0. The summed E-state index contributed by atoms with van der Waals surface area (Å²) in [5.74, 6) is 0.665. The first-order valence-electron chi connectivity index (χ1n) is 4.95. The number of thiophene rings is 1. The fourth-order valence-corrected chi connectivity index (χ4v) is 3.77. The van der Waals surface area contributed by atoms with Gasteiger partial charge in [0.15, 0.2) is 0 Å². The van der Waals surface area contributed by atoms with Gasteiger partial charge in [0.2, 0.25) is 0 Å². The Morgan fingerprint density at radius 2 is 1.83 bits per heavy atom. The molecule has 1 atom stereocenters. The van der Waals surface area contributed by atoms with Crippen molar-refractivity contribution in [1.29, 1.82) is 0 Å². The van der Waals surface area contributed by atoms with E-state index in [1.54, 1.807) is 31.4 Å². The van der Waals surface area contributed by atoms with Gasteiger partial charge in [0.1, 0.15) is 5.75 Å². The molecule has 0 saturated carbocycles. The van der Waals surface area contributed by atoms with Crippen LogP contribution in [-0.4, -0.2) is 7.11 Å². The smallest absolute Gasteiger partial charge is 0.123 e. The molecule has 0 spiro atoms. The van der Waals surface area contributed by atoms with Crippen molar-refractivity contribution in [3.63, 3.8) is 0 Å². The molecule has 1 nitrogen and oxygen atoms in total. The molecule has 0 radical (unpaired) electrons. The van der Waals surface area contributed by atoms with Crippen molar-refractivity contribution < 1.29 is 4.74 Å². The molecule has 1 aromatic carbocycles. The highest BCUT2D eigenvalue weighted by atomic mass is 35.5. The zero-order chi connectivity index (χ0) is 13.3. The summed E-state index contributed by atoms with van der Waals surface area (Å²) >= 11 is 25.7. The van der Waals surface area contributed by atoms with E-state index < -0.39 is 5.38 Å². The first-order valence-corrected chi connectivity index (χ1v) is 7.34. The van der Waals surface area contributed by atoms with Crippen LogP contribution in [0.2, 0.25) is 13.7 Å². The summed E-state index contributed by atoms with van der Waals surface area (Å²) in [6.45, 7) is 0. The van der Waals surface area contributed by atoms with Gasteiger partial charge in [0.25, 0.3) is 0 Å². The van der Waals surface area contributed by atoms with Crippen LogP contribution < -0.4 is 4.74 Å². The Labute approximate surface area is 129 Å². The first kappa shape index (κ1) is 14.3. The summed E-state index contributed by atoms with van der Waals surface area (Å²) < 4.78 is 6.44. The number of halogens is 4. The van der Waals surface area contributed by atoms with Crippen LogP contribution in [0.4, 0.5) is 0 Å². The highest BCUT2D eigenvalue weighted by Crippen LogP contribution is 2.43. The maximum Gasteiger partial charge on any atom is 0.123 e. The highest BCUT2D eigenvalue weighted by Gasteiger charge is 2.20. The molecule has 1 aromatic heterocycles. The van der Waals surface area contributed by atoms with Crippen LogP contribution in [-0.2, 0) is 0 Å². The van der Waals surface area contributed by atoms with Crippen molar-refractivity contribution >= 4 is 57.7 Å². The van der Waals surface area contributed by atoms with Gasteiger partial charge in [0, 0.05) is 16.1 Å². The summed E-state index contributed by atoms with van der Waals surface area (Å²) in [5.41, 5.74) is 1.52. The normalized spacial score (nSPS) is 12.5. The van der Waals surface area contributed by atoms with Gasteiger partial charge in [-0.1, -0.05) is 34.8 Å². The van der Waals surface area contributed by atoms with Crippen LogP contribution >= 0.6 is 57.7 Å². The van der Waals surface area contributed by atoms with Gasteiger partial charge in [-0.05, 0) is 24.3 Å². The standard InChI is InChI=1S/C12H8Cl4OS/c1-17-9-3-2-6(13)4-7(9)11(15)8-5-10(14)18-12(8)16/h2-5,11H,1H3. The second-order valence-corrected chi connectivity index (χ2v) is 6.69. The van der Waals surface area contributed by atoms with Crippen LogP contribution in [0.5, 0.6) is 5.75 Å². The zero-order valence-corrected chi connectivity index (χ0v) is 13.1. The van der Waals surface area contributed by atoms with Crippen molar-refractivity contribution in [2.45, 2.75) is 5.38 Å². The van der Waals surface area contributed by atoms with Gasteiger partial charge in [0.05, 0.1) is 21.2 Å². The predicted molar refractivity (Wildman–Crippen MR) is 80.0 cm³/mol. The van der Waals surface area contributed by atoms with Gasteiger partial charge in [-0.3, -0.25) is 0 Å². The minimum absolute atomic E-state index is 0.449. The summed E-state index contributed by atoms with van der Waals surface area (Å²) in [6, 6.07) is 7.04. The minimum Gasteiger partial charge on any atom is -0.496 e. The van der Waals surface area contributed by atoms with Crippen molar-refractivity contribution in [3.8, 4) is 5.75 Å². The van der Waals surface area contributed by atoms with E-state index >= 15 is 0 Å². The van der Waals surface area contributed by atoms with Crippen LogP contribution in [0.25, 0.3) is 0 Å². The van der Waals surface area contributed by atoms with Crippen molar-refractivity contribution in [3.05, 3.63) is 49.1 Å². The second-order valence-electron chi connectivity index (χ2n) is 3.53. The highest BCUT2D eigenvalue weighted by molar-refractivity contribution is 7.20. The van der Waals surface area contributed by atoms with E-state index in [0.29, 0.717) is 19.4 Å². The molecule has 0 bridgehead atoms. The van der Waals surface area contributed by atoms with Crippen LogP contribution in [0.15, 0.2) is 24.3 Å². The Hall–Kier alpha value is -0.120. The van der Waals surface area contributed by atoms with Gasteiger partial charge in [-0.25, -0.2) is 0 Å². The van der Waals surface area contributed by atoms with Crippen molar-refractivity contribution in [2.75, 3.05) is 7.11 Å². The van der Waals surface area contributed by atoms with E-state index in [1.165, 1.54) is 11.3 Å². The average Bonchev–Trinajstić information content (AvgIpc) is 2.67. The number of benzene rings is 1. The molecule has 0 aliphatic rings. The summed E-state index contributed by atoms with van der Waals surface area (Å²) in [4.78, 5) is 0. The van der Waals surface area contributed by atoms with Gasteiger partial charge in [-0.15, -0.1) is 22.9 Å². The lowest BCUT2D eigenvalue weighted by Gasteiger charge is -2.14. The molecule has 0 fully saturated rings. The fraction of sp³-hybridized carbons (Fsp3) is 0.167. The lowest BCUT2D eigenvalue weighted by molar-refractivity contribution is 0.410. The lowest BCUT2D eigenvalue weighted by atomic mass is 10.1. The molecule has 0 aliphatic carbocycles. The van der Waals surface area contributed by atoms with E-state index in [-0.39, 0.29) is 0 Å². The number of rotatable bonds is 3. The summed E-state index contributed by atoms with van der Waals surface area (Å²) in [5, 5.41) is 0.142. The van der Waals surface area contributed by atoms with E-state index in [4.69, 9.17) is 51.1 Å². The maximum atomic E-state index is 6.43. The van der Waals surface area contributed by atoms with Crippen molar-refractivity contribution in [1.82, 2.24) is 0 Å². The van der Waals surface area contributed by atoms with Crippen molar-refractivity contribution in [2.24, 2.45) is 0 Å².